The largest absolute Gasteiger partial charge is 0.379 e. The van der Waals surface area contributed by atoms with Gasteiger partial charge < -0.3 is 14.2 Å². The van der Waals surface area contributed by atoms with Gasteiger partial charge in [0.25, 0.3) is 20.2 Å². The second kappa shape index (κ2) is 16.3. The third-order valence-electron chi connectivity index (χ3n) is 4.04. The van der Waals surface area contributed by atoms with Crippen molar-refractivity contribution in [1.29, 1.82) is 0 Å². The second-order valence-corrected chi connectivity index (χ2v) is 10.5. The Bertz CT molecular complexity index is 620. The van der Waals surface area contributed by atoms with Gasteiger partial charge in [0.1, 0.15) is 18.3 Å². The Morgan fingerprint density at radius 2 is 1.20 bits per heavy atom. The quantitative estimate of drug-likeness (QED) is 0.193. The van der Waals surface area contributed by atoms with E-state index in [9.17, 15) is 16.8 Å². The maximum Gasteiger partial charge on any atom is 0.264 e. The Balaban J connectivity index is 5.62. The molecule has 0 N–H and O–H groups in total. The van der Waals surface area contributed by atoms with Crippen LogP contribution < -0.4 is 0 Å². The van der Waals surface area contributed by atoms with Crippen LogP contribution in [0.1, 0.15) is 59.3 Å². The zero-order chi connectivity index (χ0) is 23.0. The Labute approximate surface area is 183 Å². The summed E-state index contributed by atoms with van der Waals surface area (Å²) in [4.78, 5) is 0. The van der Waals surface area contributed by atoms with Crippen molar-refractivity contribution < 1.29 is 39.4 Å². The van der Waals surface area contributed by atoms with Gasteiger partial charge in [-0.25, -0.2) is 0 Å². The first-order valence-corrected chi connectivity index (χ1v) is 14.2. The SMILES string of the molecule is CCCCOC[C@@H](OS(C)(=O)=O)[C@@H](OCCCC)C(COS(C)(=O)=O)OCCCC. The third-order valence-corrected chi connectivity index (χ3v) is 5.20. The van der Waals surface area contributed by atoms with Gasteiger partial charge in [-0.3, -0.25) is 8.37 Å². The summed E-state index contributed by atoms with van der Waals surface area (Å²) in [6.45, 7) is 6.81. The molecule has 1 unspecified atom stereocenters. The van der Waals surface area contributed by atoms with Gasteiger partial charge in [0.2, 0.25) is 0 Å². The van der Waals surface area contributed by atoms with Crippen LogP contribution in [-0.4, -0.2) is 80.7 Å². The van der Waals surface area contributed by atoms with Crippen LogP contribution in [0.5, 0.6) is 0 Å². The van der Waals surface area contributed by atoms with Gasteiger partial charge in [0.05, 0.1) is 25.7 Å². The van der Waals surface area contributed by atoms with Crippen LogP contribution in [-0.2, 0) is 42.8 Å². The summed E-state index contributed by atoms with van der Waals surface area (Å²) in [5.74, 6) is 0. The van der Waals surface area contributed by atoms with E-state index in [1.54, 1.807) is 0 Å². The highest BCUT2D eigenvalue weighted by molar-refractivity contribution is 7.86. The van der Waals surface area contributed by atoms with E-state index < -0.39 is 38.5 Å². The minimum absolute atomic E-state index is 0.0314. The predicted molar refractivity (Wildman–Crippen MR) is 116 cm³/mol. The minimum Gasteiger partial charge on any atom is -0.379 e. The number of hydrogen-bond donors (Lipinski definition) is 0. The van der Waals surface area contributed by atoms with Gasteiger partial charge >= 0.3 is 0 Å². The average Bonchev–Trinajstić information content (AvgIpc) is 2.63. The van der Waals surface area contributed by atoms with Crippen molar-refractivity contribution in [2.45, 2.75) is 77.6 Å². The molecule has 0 aliphatic carbocycles. The van der Waals surface area contributed by atoms with E-state index in [1.165, 1.54) is 0 Å². The molecule has 0 spiro atoms. The van der Waals surface area contributed by atoms with Gasteiger partial charge in [-0.05, 0) is 19.3 Å². The first-order chi connectivity index (χ1) is 14.0. The van der Waals surface area contributed by atoms with Gasteiger partial charge in [-0.1, -0.05) is 40.0 Å². The third kappa shape index (κ3) is 16.4. The molecule has 182 valence electrons. The molecule has 0 aromatic rings. The van der Waals surface area contributed by atoms with Gasteiger partial charge in [-0.15, -0.1) is 0 Å². The standard InChI is InChI=1S/C19H40O9S2/c1-6-9-12-24-15-18(28-30(5,22)23)19(26-14-11-8-3)17(25-13-10-7-2)16-27-29(4,20)21/h17-19H,6-16H2,1-5H3/t17?,18-,19+/m1/s1. The van der Waals surface area contributed by atoms with E-state index in [4.69, 9.17) is 22.6 Å². The summed E-state index contributed by atoms with van der Waals surface area (Å²) in [5, 5.41) is 0. The zero-order valence-electron chi connectivity index (χ0n) is 19.0. The van der Waals surface area contributed by atoms with Crippen LogP contribution in [0.3, 0.4) is 0 Å². The lowest BCUT2D eigenvalue weighted by Crippen LogP contribution is -2.48. The lowest BCUT2D eigenvalue weighted by atomic mass is 10.1. The van der Waals surface area contributed by atoms with Crippen molar-refractivity contribution >= 4 is 20.2 Å². The van der Waals surface area contributed by atoms with Crippen LogP contribution >= 0.6 is 0 Å². The molecule has 0 radical (unpaired) electrons. The van der Waals surface area contributed by atoms with Crippen molar-refractivity contribution in [1.82, 2.24) is 0 Å². The molecule has 11 heteroatoms. The van der Waals surface area contributed by atoms with E-state index in [1.807, 2.05) is 20.8 Å². The highest BCUT2D eigenvalue weighted by Crippen LogP contribution is 2.18. The highest BCUT2D eigenvalue weighted by Gasteiger charge is 2.35. The molecule has 0 aliphatic heterocycles. The summed E-state index contributed by atoms with van der Waals surface area (Å²) >= 11 is 0. The van der Waals surface area contributed by atoms with Crippen molar-refractivity contribution in [2.24, 2.45) is 0 Å². The summed E-state index contributed by atoms with van der Waals surface area (Å²) in [5.41, 5.74) is 0. The van der Waals surface area contributed by atoms with E-state index in [2.05, 4.69) is 0 Å². The van der Waals surface area contributed by atoms with Crippen molar-refractivity contribution in [3.05, 3.63) is 0 Å². The molecule has 0 fully saturated rings. The van der Waals surface area contributed by atoms with Crippen LogP contribution in [0.15, 0.2) is 0 Å². The Morgan fingerprint density at radius 3 is 1.70 bits per heavy atom. The molecule has 0 saturated carbocycles. The molecular formula is C19H40O9S2. The van der Waals surface area contributed by atoms with Gasteiger partial charge in [0.15, 0.2) is 0 Å². The molecule has 9 nitrogen and oxygen atoms in total. The molecule has 0 saturated heterocycles. The molecule has 0 aromatic heterocycles. The number of ether oxygens (including phenoxy) is 3. The van der Waals surface area contributed by atoms with Crippen molar-refractivity contribution in [2.75, 3.05) is 45.5 Å². The fraction of sp³-hybridized carbons (Fsp3) is 1.00. The molecule has 0 aliphatic rings. The summed E-state index contributed by atoms with van der Waals surface area (Å²) in [7, 11) is -7.54. The van der Waals surface area contributed by atoms with Crippen LogP contribution in [0.2, 0.25) is 0 Å². The molecule has 0 heterocycles. The monoisotopic (exact) mass is 476 g/mol. The molecule has 0 bridgehead atoms. The molecule has 0 amide bonds. The average molecular weight is 477 g/mol. The fourth-order valence-electron chi connectivity index (χ4n) is 2.47. The summed E-state index contributed by atoms with van der Waals surface area (Å²) in [6.07, 6.45) is 4.17. The Hall–Kier alpha value is -0.300. The minimum atomic E-state index is -3.82. The smallest absolute Gasteiger partial charge is 0.264 e. The normalized spacial score (nSPS) is 15.8. The fourth-order valence-corrected chi connectivity index (χ4v) is 3.47. The lowest BCUT2D eigenvalue weighted by Gasteiger charge is -2.32. The van der Waals surface area contributed by atoms with E-state index in [0.29, 0.717) is 19.8 Å². The Kier molecular flexibility index (Phi) is 16.2. The van der Waals surface area contributed by atoms with E-state index >= 15 is 0 Å². The zero-order valence-corrected chi connectivity index (χ0v) is 20.6. The summed E-state index contributed by atoms with van der Waals surface area (Å²) in [6, 6.07) is 0. The first-order valence-electron chi connectivity index (χ1n) is 10.6. The predicted octanol–water partition coefficient (Wildman–Crippen LogP) is 2.49. The van der Waals surface area contributed by atoms with Gasteiger partial charge in [-0.2, -0.15) is 16.8 Å². The lowest BCUT2D eigenvalue weighted by molar-refractivity contribution is -0.138. The van der Waals surface area contributed by atoms with Crippen molar-refractivity contribution in [3.8, 4) is 0 Å². The highest BCUT2D eigenvalue weighted by atomic mass is 32.2. The maximum atomic E-state index is 11.9. The molecule has 3 atom stereocenters. The van der Waals surface area contributed by atoms with Crippen LogP contribution in [0, 0.1) is 0 Å². The van der Waals surface area contributed by atoms with E-state index in [0.717, 1.165) is 51.0 Å². The number of rotatable bonds is 20. The second-order valence-electron chi connectivity index (χ2n) is 7.21. The van der Waals surface area contributed by atoms with Crippen LogP contribution in [0.25, 0.3) is 0 Å². The molecule has 0 rings (SSSR count). The molecule has 30 heavy (non-hydrogen) atoms. The molecule has 0 aromatic carbocycles. The van der Waals surface area contributed by atoms with Crippen LogP contribution in [0.4, 0.5) is 0 Å². The van der Waals surface area contributed by atoms with Gasteiger partial charge in [0, 0.05) is 19.8 Å². The molecular weight excluding hydrogens is 436 g/mol. The number of unbranched alkanes of at least 4 members (excludes halogenated alkanes) is 3. The number of hydrogen-bond acceptors (Lipinski definition) is 9. The topological polar surface area (TPSA) is 114 Å². The first kappa shape index (κ1) is 29.7. The maximum absolute atomic E-state index is 11.9. The summed E-state index contributed by atoms with van der Waals surface area (Å²) < 4.78 is 74.4. The van der Waals surface area contributed by atoms with Crippen molar-refractivity contribution in [3.63, 3.8) is 0 Å². The Morgan fingerprint density at radius 1 is 0.667 bits per heavy atom. The van der Waals surface area contributed by atoms with E-state index in [-0.39, 0.29) is 13.2 Å².